The Balaban J connectivity index is 0.00000264. The van der Waals surface area contributed by atoms with Crippen molar-refractivity contribution in [1.82, 2.24) is 10.6 Å². The highest BCUT2D eigenvalue weighted by Gasteiger charge is 2.21. The van der Waals surface area contributed by atoms with Crippen molar-refractivity contribution in [2.24, 2.45) is 4.99 Å². The second-order valence-corrected chi connectivity index (χ2v) is 5.86. The maximum absolute atomic E-state index is 5.85. The second-order valence-electron chi connectivity index (χ2n) is 5.86. The van der Waals surface area contributed by atoms with Crippen molar-refractivity contribution in [1.29, 1.82) is 0 Å². The number of rotatable bonds is 5. The van der Waals surface area contributed by atoms with E-state index >= 15 is 0 Å². The summed E-state index contributed by atoms with van der Waals surface area (Å²) in [6, 6.07) is 4.53. The van der Waals surface area contributed by atoms with Gasteiger partial charge in [-0.2, -0.15) is 0 Å². The molecule has 1 atom stereocenters. The summed E-state index contributed by atoms with van der Waals surface area (Å²) in [7, 11) is 1.77. The molecule has 1 heterocycles. The van der Waals surface area contributed by atoms with Gasteiger partial charge in [-0.25, -0.2) is 0 Å². The molecule has 1 unspecified atom stereocenters. The normalized spacial score (nSPS) is 16.4. The molecule has 0 saturated heterocycles. The Morgan fingerprint density at radius 3 is 2.78 bits per heavy atom. The van der Waals surface area contributed by atoms with Crippen LogP contribution >= 0.6 is 24.0 Å². The number of benzene rings is 1. The quantitative estimate of drug-likeness (QED) is 0.426. The van der Waals surface area contributed by atoms with Gasteiger partial charge >= 0.3 is 0 Å². The average molecular weight is 433 g/mol. The van der Waals surface area contributed by atoms with Gasteiger partial charge in [0, 0.05) is 37.2 Å². The molecule has 130 valence electrons. The fourth-order valence-electron chi connectivity index (χ4n) is 2.56. The summed E-state index contributed by atoms with van der Waals surface area (Å²) in [5.74, 6) is 2.68. The molecule has 5 nitrogen and oxygen atoms in total. The molecule has 1 aliphatic heterocycles. The van der Waals surface area contributed by atoms with Crippen molar-refractivity contribution in [3.8, 4) is 11.5 Å². The van der Waals surface area contributed by atoms with E-state index in [1.807, 2.05) is 6.92 Å². The first-order chi connectivity index (χ1) is 10.5. The van der Waals surface area contributed by atoms with Crippen LogP contribution in [0.2, 0.25) is 0 Å². The zero-order valence-corrected chi connectivity index (χ0v) is 16.9. The molecule has 1 aliphatic rings. The second kappa shape index (κ2) is 9.20. The van der Waals surface area contributed by atoms with E-state index in [2.05, 4.69) is 48.5 Å². The van der Waals surface area contributed by atoms with E-state index in [4.69, 9.17) is 9.47 Å². The number of hydrogen-bond donors (Lipinski definition) is 2. The maximum Gasteiger partial charge on any atom is 0.191 e. The van der Waals surface area contributed by atoms with Gasteiger partial charge in [0.05, 0.1) is 6.61 Å². The van der Waals surface area contributed by atoms with E-state index in [9.17, 15) is 0 Å². The zero-order chi connectivity index (χ0) is 16.1. The Kier molecular flexibility index (Phi) is 7.94. The maximum atomic E-state index is 5.85. The third kappa shape index (κ3) is 5.44. The highest BCUT2D eigenvalue weighted by molar-refractivity contribution is 14.0. The number of nitrogens with zero attached hydrogens (tertiary/aromatic N) is 1. The summed E-state index contributed by atoms with van der Waals surface area (Å²) in [4.78, 5) is 4.23. The van der Waals surface area contributed by atoms with Crippen molar-refractivity contribution >= 4 is 29.9 Å². The van der Waals surface area contributed by atoms with Crippen LogP contribution in [0.15, 0.2) is 17.1 Å². The molecule has 0 bridgehead atoms. The predicted molar refractivity (Wildman–Crippen MR) is 105 cm³/mol. The summed E-state index contributed by atoms with van der Waals surface area (Å²) < 4.78 is 11.6. The van der Waals surface area contributed by atoms with Crippen LogP contribution in [0.3, 0.4) is 0 Å². The van der Waals surface area contributed by atoms with E-state index in [0.29, 0.717) is 19.2 Å². The van der Waals surface area contributed by atoms with Gasteiger partial charge in [0.2, 0.25) is 0 Å². The summed E-state index contributed by atoms with van der Waals surface area (Å²) in [6.07, 6.45) is 1.18. The molecule has 1 aromatic rings. The Morgan fingerprint density at radius 2 is 2.17 bits per heavy atom. The summed E-state index contributed by atoms with van der Waals surface area (Å²) >= 11 is 0. The first-order valence-corrected chi connectivity index (χ1v) is 7.95. The van der Waals surface area contributed by atoms with Crippen LogP contribution in [0.1, 0.15) is 38.8 Å². The Bertz CT molecular complexity index is 547. The first-order valence-electron chi connectivity index (χ1n) is 7.95. The van der Waals surface area contributed by atoms with Crippen LogP contribution in [-0.2, 0) is 13.0 Å². The van der Waals surface area contributed by atoms with Crippen LogP contribution in [0.4, 0.5) is 0 Å². The van der Waals surface area contributed by atoms with Crippen molar-refractivity contribution in [2.75, 3.05) is 13.7 Å². The van der Waals surface area contributed by atoms with Gasteiger partial charge in [0.1, 0.15) is 17.6 Å². The molecule has 1 aromatic carbocycles. The topological polar surface area (TPSA) is 54.9 Å². The molecule has 2 rings (SSSR count). The number of hydrogen-bond acceptors (Lipinski definition) is 3. The lowest BCUT2D eigenvalue weighted by molar-refractivity contribution is 0.254. The highest BCUT2D eigenvalue weighted by atomic mass is 127. The number of aliphatic imine (C=N–C) groups is 1. The van der Waals surface area contributed by atoms with Crippen molar-refractivity contribution < 1.29 is 9.47 Å². The lowest BCUT2D eigenvalue weighted by Crippen LogP contribution is -2.40. The average Bonchev–Trinajstić information content (AvgIpc) is 2.82. The van der Waals surface area contributed by atoms with Gasteiger partial charge in [-0.1, -0.05) is 0 Å². The summed E-state index contributed by atoms with van der Waals surface area (Å²) in [5, 5.41) is 6.60. The number of fused-ring (bicyclic) bond motifs is 1. The van der Waals surface area contributed by atoms with Crippen LogP contribution in [-0.4, -0.2) is 31.8 Å². The fourth-order valence-corrected chi connectivity index (χ4v) is 2.56. The summed E-state index contributed by atoms with van der Waals surface area (Å²) in [6.45, 7) is 9.57. The number of guanidine groups is 1. The van der Waals surface area contributed by atoms with Crippen LogP contribution in [0.5, 0.6) is 11.5 Å². The minimum Gasteiger partial charge on any atom is -0.494 e. The molecule has 0 fully saturated rings. The van der Waals surface area contributed by atoms with Crippen molar-refractivity contribution in [2.45, 2.75) is 52.8 Å². The molecule has 0 aliphatic carbocycles. The molecular weight excluding hydrogens is 405 g/mol. The zero-order valence-electron chi connectivity index (χ0n) is 14.6. The van der Waals surface area contributed by atoms with E-state index in [0.717, 1.165) is 29.4 Å². The molecule has 0 amide bonds. The molecule has 0 aromatic heterocycles. The number of nitrogens with one attached hydrogen (secondary N) is 2. The highest BCUT2D eigenvalue weighted by Crippen LogP contribution is 2.35. The molecule has 0 spiro atoms. The van der Waals surface area contributed by atoms with Gasteiger partial charge in [-0.3, -0.25) is 4.99 Å². The predicted octanol–water partition coefficient (Wildman–Crippen LogP) is 3.10. The van der Waals surface area contributed by atoms with Gasteiger partial charge in [-0.15, -0.1) is 24.0 Å². The minimum absolute atomic E-state index is 0. The third-order valence-electron chi connectivity index (χ3n) is 3.47. The third-order valence-corrected chi connectivity index (χ3v) is 3.47. The largest absolute Gasteiger partial charge is 0.494 e. The van der Waals surface area contributed by atoms with E-state index in [1.165, 1.54) is 5.56 Å². The molecule has 0 radical (unpaired) electrons. The van der Waals surface area contributed by atoms with Gasteiger partial charge in [0.15, 0.2) is 5.96 Å². The van der Waals surface area contributed by atoms with E-state index in [1.54, 1.807) is 7.05 Å². The van der Waals surface area contributed by atoms with Crippen molar-refractivity contribution in [3.05, 3.63) is 23.3 Å². The van der Waals surface area contributed by atoms with Gasteiger partial charge < -0.3 is 20.1 Å². The standard InChI is InChI=1S/C17H27N3O2.HI/c1-6-21-15-8-13-7-12(4)22-16(13)9-14(15)10-19-17(18-5)20-11(2)3;/h8-9,11-12H,6-7,10H2,1-5H3,(H2,18,19,20);1H. The molecule has 2 N–H and O–H groups in total. The van der Waals surface area contributed by atoms with Crippen LogP contribution in [0.25, 0.3) is 0 Å². The van der Waals surface area contributed by atoms with Gasteiger partial charge in [0.25, 0.3) is 0 Å². The molecule has 6 heteroatoms. The number of ether oxygens (including phenoxy) is 2. The molecule has 23 heavy (non-hydrogen) atoms. The SMILES string of the molecule is CCOc1cc2c(cc1CNC(=NC)NC(C)C)OC(C)C2.I. The van der Waals surface area contributed by atoms with Crippen LogP contribution < -0.4 is 20.1 Å². The molecule has 0 saturated carbocycles. The first kappa shape index (κ1) is 19.9. The van der Waals surface area contributed by atoms with E-state index in [-0.39, 0.29) is 30.1 Å². The molecular formula is C17H28IN3O2. The fraction of sp³-hybridized carbons (Fsp3) is 0.588. The van der Waals surface area contributed by atoms with E-state index < -0.39 is 0 Å². The lowest BCUT2D eigenvalue weighted by Gasteiger charge is -2.17. The Hall–Kier alpha value is -1.18. The van der Waals surface area contributed by atoms with Gasteiger partial charge in [-0.05, 0) is 39.8 Å². The lowest BCUT2D eigenvalue weighted by atomic mass is 10.1. The Morgan fingerprint density at radius 1 is 1.43 bits per heavy atom. The monoisotopic (exact) mass is 433 g/mol. The number of halogens is 1. The van der Waals surface area contributed by atoms with Crippen LogP contribution in [0, 0.1) is 0 Å². The van der Waals surface area contributed by atoms with Crippen molar-refractivity contribution in [3.63, 3.8) is 0 Å². The summed E-state index contributed by atoms with van der Waals surface area (Å²) in [5.41, 5.74) is 2.31. The smallest absolute Gasteiger partial charge is 0.191 e. The Labute approximate surface area is 156 Å². The minimum atomic E-state index is 0.